The number of carbonyl (C=O) groups is 2. The number of halogens is 1. The molecule has 7 heteroatoms. The predicted molar refractivity (Wildman–Crippen MR) is 75.0 cm³/mol. The van der Waals surface area contributed by atoms with E-state index in [-0.39, 0.29) is 19.0 Å². The summed E-state index contributed by atoms with van der Waals surface area (Å²) in [6, 6.07) is 6.00. The van der Waals surface area contributed by atoms with Gasteiger partial charge in [-0.25, -0.2) is 9.59 Å². The number of hydrogen-bond acceptors (Lipinski definition) is 6. The van der Waals surface area contributed by atoms with Gasteiger partial charge in [-0.05, 0) is 38.1 Å². The quantitative estimate of drug-likeness (QED) is 0.494. The van der Waals surface area contributed by atoms with Crippen LogP contribution in [-0.2, 0) is 19.1 Å². The van der Waals surface area contributed by atoms with E-state index in [1.165, 1.54) is 24.3 Å². The van der Waals surface area contributed by atoms with Gasteiger partial charge in [0.15, 0.2) is 0 Å². The summed E-state index contributed by atoms with van der Waals surface area (Å²) in [5.41, 5.74) is 0. The van der Waals surface area contributed by atoms with Crippen molar-refractivity contribution in [2.75, 3.05) is 13.2 Å². The highest BCUT2D eigenvalue weighted by Gasteiger charge is 2.25. The molecule has 1 aromatic carbocycles. The number of benzene rings is 1. The molecular weight excluding hydrogens is 300 g/mol. The number of hydrogen-bond donors (Lipinski definition) is 1. The van der Waals surface area contributed by atoms with Gasteiger partial charge in [-0.2, -0.15) is 0 Å². The molecule has 1 N–H and O–H groups in total. The second-order valence-corrected chi connectivity index (χ2v) is 4.11. The van der Waals surface area contributed by atoms with Crippen LogP contribution in [0.25, 0.3) is 0 Å². The lowest BCUT2D eigenvalue weighted by Gasteiger charge is -2.11. The molecule has 114 valence electrons. The average molecular weight is 315 g/mol. The Kier molecular flexibility index (Phi) is 6.55. The van der Waals surface area contributed by atoms with Crippen LogP contribution < -0.4 is 4.74 Å². The smallest absolute Gasteiger partial charge is 0.378 e. The standard InChI is InChI=1S/C14H15ClO6/c1-3-19-13(17)11(16)12(14(18)20-4-2)21-10-7-5-9(15)6-8-10/h5-8,16H,3-4H2,1-2H3/b12-11+. The molecule has 0 spiro atoms. The number of aliphatic hydroxyl groups excluding tert-OH is 1. The Morgan fingerprint density at radius 1 is 1.05 bits per heavy atom. The summed E-state index contributed by atoms with van der Waals surface area (Å²) in [6.07, 6.45) is 0. The Hall–Kier alpha value is -2.21. The molecule has 0 bridgehead atoms. The Bertz CT molecular complexity index is 535. The summed E-state index contributed by atoms with van der Waals surface area (Å²) in [4.78, 5) is 23.3. The first-order valence-electron chi connectivity index (χ1n) is 6.20. The molecule has 0 unspecified atom stereocenters. The van der Waals surface area contributed by atoms with Crippen LogP contribution in [0.3, 0.4) is 0 Å². The maximum Gasteiger partial charge on any atom is 0.378 e. The van der Waals surface area contributed by atoms with Crippen molar-refractivity contribution < 1.29 is 28.9 Å². The van der Waals surface area contributed by atoms with Crippen molar-refractivity contribution in [3.8, 4) is 5.75 Å². The number of ether oxygens (including phenoxy) is 3. The lowest BCUT2D eigenvalue weighted by Crippen LogP contribution is -2.20. The van der Waals surface area contributed by atoms with E-state index in [9.17, 15) is 14.7 Å². The molecule has 0 aliphatic carbocycles. The van der Waals surface area contributed by atoms with Gasteiger partial charge < -0.3 is 19.3 Å². The van der Waals surface area contributed by atoms with Crippen molar-refractivity contribution >= 4 is 23.5 Å². The fourth-order valence-corrected chi connectivity index (χ4v) is 1.42. The van der Waals surface area contributed by atoms with E-state index in [2.05, 4.69) is 4.74 Å². The molecule has 0 aliphatic heterocycles. The lowest BCUT2D eigenvalue weighted by molar-refractivity contribution is -0.146. The average Bonchev–Trinajstić information content (AvgIpc) is 2.46. The van der Waals surface area contributed by atoms with E-state index in [1.54, 1.807) is 13.8 Å². The Labute approximate surface area is 126 Å². The third-order valence-corrected chi connectivity index (χ3v) is 2.43. The van der Waals surface area contributed by atoms with Gasteiger partial charge in [0.25, 0.3) is 11.5 Å². The number of carbonyl (C=O) groups excluding carboxylic acids is 2. The van der Waals surface area contributed by atoms with Gasteiger partial charge >= 0.3 is 11.9 Å². The summed E-state index contributed by atoms with van der Waals surface area (Å²) in [7, 11) is 0. The zero-order chi connectivity index (χ0) is 15.8. The van der Waals surface area contributed by atoms with Gasteiger partial charge in [0, 0.05) is 5.02 Å². The van der Waals surface area contributed by atoms with E-state index in [0.29, 0.717) is 5.02 Å². The zero-order valence-corrected chi connectivity index (χ0v) is 12.3. The minimum atomic E-state index is -1.07. The monoisotopic (exact) mass is 314 g/mol. The highest BCUT2D eigenvalue weighted by atomic mass is 35.5. The third kappa shape index (κ3) is 5.00. The molecule has 0 saturated heterocycles. The third-order valence-electron chi connectivity index (χ3n) is 2.18. The second-order valence-electron chi connectivity index (χ2n) is 3.67. The van der Waals surface area contributed by atoms with Crippen LogP contribution in [0.1, 0.15) is 13.8 Å². The molecule has 0 atom stereocenters. The van der Waals surface area contributed by atoms with E-state index in [4.69, 9.17) is 21.1 Å². The van der Waals surface area contributed by atoms with Gasteiger partial charge in [-0.3, -0.25) is 0 Å². The van der Waals surface area contributed by atoms with Crippen LogP contribution in [0.5, 0.6) is 5.75 Å². The highest BCUT2D eigenvalue weighted by Crippen LogP contribution is 2.20. The van der Waals surface area contributed by atoms with E-state index >= 15 is 0 Å². The molecule has 0 amide bonds. The van der Waals surface area contributed by atoms with Crippen molar-refractivity contribution in [2.24, 2.45) is 0 Å². The molecule has 0 aliphatic rings. The first kappa shape index (κ1) is 16.8. The number of aliphatic hydroxyl groups is 1. The van der Waals surface area contributed by atoms with Crippen molar-refractivity contribution in [1.82, 2.24) is 0 Å². The predicted octanol–water partition coefficient (Wildman–Crippen LogP) is 2.61. The minimum absolute atomic E-state index is 0.0416. The summed E-state index contributed by atoms with van der Waals surface area (Å²) >= 11 is 5.73. The fourth-order valence-electron chi connectivity index (χ4n) is 1.30. The van der Waals surface area contributed by atoms with Gasteiger partial charge in [0.05, 0.1) is 13.2 Å². The van der Waals surface area contributed by atoms with Crippen LogP contribution in [0.2, 0.25) is 5.02 Å². The number of rotatable bonds is 6. The van der Waals surface area contributed by atoms with Crippen LogP contribution in [0.15, 0.2) is 35.8 Å². The molecule has 0 saturated carbocycles. The Morgan fingerprint density at radius 3 is 2.10 bits per heavy atom. The molecule has 1 rings (SSSR count). The van der Waals surface area contributed by atoms with Gasteiger partial charge in [0.1, 0.15) is 5.75 Å². The van der Waals surface area contributed by atoms with Crippen molar-refractivity contribution in [3.05, 3.63) is 40.8 Å². The molecule has 6 nitrogen and oxygen atoms in total. The normalized spacial score (nSPS) is 11.4. The molecular formula is C14H15ClO6. The van der Waals surface area contributed by atoms with Crippen LogP contribution in [-0.4, -0.2) is 30.3 Å². The summed E-state index contributed by atoms with van der Waals surface area (Å²) in [5, 5.41) is 10.2. The maximum atomic E-state index is 11.8. The van der Waals surface area contributed by atoms with Crippen LogP contribution >= 0.6 is 11.6 Å². The van der Waals surface area contributed by atoms with Crippen molar-refractivity contribution in [2.45, 2.75) is 13.8 Å². The molecule has 21 heavy (non-hydrogen) atoms. The van der Waals surface area contributed by atoms with Gasteiger partial charge in [-0.15, -0.1) is 0 Å². The lowest BCUT2D eigenvalue weighted by atomic mass is 10.3. The van der Waals surface area contributed by atoms with Gasteiger partial charge in [-0.1, -0.05) is 11.6 Å². The first-order valence-corrected chi connectivity index (χ1v) is 6.58. The van der Waals surface area contributed by atoms with Crippen molar-refractivity contribution in [1.29, 1.82) is 0 Å². The second kappa shape index (κ2) is 8.16. The van der Waals surface area contributed by atoms with Crippen LogP contribution in [0, 0.1) is 0 Å². The summed E-state index contributed by atoms with van der Waals surface area (Å²) < 4.78 is 14.6. The molecule has 0 aromatic heterocycles. The number of esters is 2. The van der Waals surface area contributed by atoms with Gasteiger partial charge in [0.2, 0.25) is 0 Å². The topological polar surface area (TPSA) is 82.1 Å². The highest BCUT2D eigenvalue weighted by molar-refractivity contribution is 6.30. The molecule has 0 heterocycles. The van der Waals surface area contributed by atoms with E-state index in [0.717, 1.165) is 0 Å². The first-order chi connectivity index (χ1) is 9.99. The maximum absolute atomic E-state index is 11.8. The molecule has 0 fully saturated rings. The SMILES string of the molecule is CCOC(=O)/C(O)=C(\Oc1ccc(Cl)cc1)C(=O)OCC. The molecule has 1 aromatic rings. The zero-order valence-electron chi connectivity index (χ0n) is 11.6. The summed E-state index contributed by atoms with van der Waals surface area (Å²) in [6.45, 7) is 3.25. The minimum Gasteiger partial charge on any atom is -0.499 e. The molecule has 0 radical (unpaired) electrons. The van der Waals surface area contributed by atoms with E-state index in [1.807, 2.05) is 0 Å². The van der Waals surface area contributed by atoms with Crippen molar-refractivity contribution in [3.63, 3.8) is 0 Å². The largest absolute Gasteiger partial charge is 0.499 e. The van der Waals surface area contributed by atoms with Crippen LogP contribution in [0.4, 0.5) is 0 Å². The Balaban J connectivity index is 3.07. The van der Waals surface area contributed by atoms with E-state index < -0.39 is 23.5 Å². The Morgan fingerprint density at radius 2 is 1.57 bits per heavy atom. The fraction of sp³-hybridized carbons (Fsp3) is 0.286. The summed E-state index contributed by atoms with van der Waals surface area (Å²) in [5.74, 6) is -3.44.